The number of benzene rings is 2. The Hall–Kier alpha value is -3.26. The Morgan fingerprint density at radius 3 is 2.76 bits per heavy atom. The molecule has 1 atom stereocenters. The van der Waals surface area contributed by atoms with Gasteiger partial charge in [-0.15, -0.1) is 0 Å². The molecule has 1 N–H and O–H groups in total. The number of hydrogen-bond acceptors (Lipinski definition) is 4. The van der Waals surface area contributed by atoms with Gasteiger partial charge in [0.1, 0.15) is 17.4 Å². The quantitative estimate of drug-likeness (QED) is 0.687. The molecule has 1 unspecified atom stereocenters. The summed E-state index contributed by atoms with van der Waals surface area (Å²) in [6.07, 6.45) is 2.51. The highest BCUT2D eigenvalue weighted by Crippen LogP contribution is 2.32. The van der Waals surface area contributed by atoms with Crippen molar-refractivity contribution in [2.45, 2.75) is 19.4 Å². The summed E-state index contributed by atoms with van der Waals surface area (Å²) in [6, 6.07) is 17.3. The largest absolute Gasteiger partial charge is 0.495 e. The maximum Gasteiger partial charge on any atom is 0.267 e. The van der Waals surface area contributed by atoms with Crippen molar-refractivity contribution in [2.75, 3.05) is 17.3 Å². The summed E-state index contributed by atoms with van der Waals surface area (Å²) in [7, 11) is 1.54. The number of nitrogens with zero attached hydrogens (tertiary/aromatic N) is 2. The zero-order valence-electron chi connectivity index (χ0n) is 14.2. The van der Waals surface area contributed by atoms with Crippen LogP contribution in [0.5, 0.6) is 5.75 Å². The SMILES string of the molecule is COc1ccccc1NC(=O)/C(C#N)=C\N1c2ccccc2CC1C. The fourth-order valence-corrected chi connectivity index (χ4v) is 3.00. The van der Waals surface area contributed by atoms with Crippen molar-refractivity contribution < 1.29 is 9.53 Å². The number of carbonyl (C=O) groups excluding carboxylic acids is 1. The van der Waals surface area contributed by atoms with Gasteiger partial charge in [0.15, 0.2) is 0 Å². The summed E-state index contributed by atoms with van der Waals surface area (Å²) in [5, 5.41) is 12.2. The van der Waals surface area contributed by atoms with Crippen molar-refractivity contribution in [3.8, 4) is 11.8 Å². The van der Waals surface area contributed by atoms with E-state index in [2.05, 4.69) is 18.3 Å². The Labute approximate surface area is 147 Å². The molecule has 3 rings (SSSR count). The third-order valence-electron chi connectivity index (χ3n) is 4.25. The van der Waals surface area contributed by atoms with E-state index in [0.29, 0.717) is 11.4 Å². The van der Waals surface area contributed by atoms with Crippen LogP contribution < -0.4 is 15.0 Å². The molecular weight excluding hydrogens is 314 g/mol. The molecule has 25 heavy (non-hydrogen) atoms. The number of hydrogen-bond donors (Lipinski definition) is 1. The zero-order valence-corrected chi connectivity index (χ0v) is 14.2. The van der Waals surface area contributed by atoms with Crippen LogP contribution in [0, 0.1) is 11.3 Å². The molecule has 2 aromatic rings. The van der Waals surface area contributed by atoms with Gasteiger partial charge in [-0.1, -0.05) is 30.3 Å². The minimum absolute atomic E-state index is 0.0504. The van der Waals surface area contributed by atoms with Crippen molar-refractivity contribution in [3.05, 3.63) is 65.9 Å². The molecule has 5 nitrogen and oxygen atoms in total. The first kappa shape index (κ1) is 16.6. The van der Waals surface area contributed by atoms with Crippen molar-refractivity contribution in [3.63, 3.8) is 0 Å². The van der Waals surface area contributed by atoms with Crippen molar-refractivity contribution in [1.82, 2.24) is 0 Å². The van der Waals surface area contributed by atoms with Crippen molar-refractivity contribution in [1.29, 1.82) is 5.26 Å². The number of nitrogens with one attached hydrogen (secondary N) is 1. The molecule has 0 saturated carbocycles. The van der Waals surface area contributed by atoms with Crippen LogP contribution in [0.15, 0.2) is 60.3 Å². The Kier molecular flexibility index (Phi) is 4.71. The standard InChI is InChI=1S/C20H19N3O2/c1-14-11-15-7-3-5-9-18(15)23(14)13-16(12-21)20(24)22-17-8-4-6-10-19(17)25-2/h3-10,13-14H,11H2,1-2H3,(H,22,24)/b16-13-. The Morgan fingerprint density at radius 2 is 2.00 bits per heavy atom. The van der Waals surface area contributed by atoms with E-state index in [9.17, 15) is 10.1 Å². The maximum atomic E-state index is 12.5. The minimum atomic E-state index is -0.455. The van der Waals surface area contributed by atoms with Gasteiger partial charge in [0.25, 0.3) is 5.91 Å². The topological polar surface area (TPSA) is 65.4 Å². The smallest absolute Gasteiger partial charge is 0.267 e. The average molecular weight is 333 g/mol. The lowest BCUT2D eigenvalue weighted by Crippen LogP contribution is -2.25. The molecule has 0 aromatic heterocycles. The second-order valence-corrected chi connectivity index (χ2v) is 5.90. The molecule has 1 heterocycles. The van der Waals surface area contributed by atoms with Crippen LogP contribution in [-0.4, -0.2) is 19.1 Å². The van der Waals surface area contributed by atoms with E-state index in [0.717, 1.165) is 12.1 Å². The summed E-state index contributed by atoms with van der Waals surface area (Å²) in [5.41, 5.74) is 2.84. The van der Waals surface area contributed by atoms with Crippen LogP contribution >= 0.6 is 0 Å². The number of fused-ring (bicyclic) bond motifs is 1. The normalized spacial score (nSPS) is 16.1. The number of ether oxygens (including phenoxy) is 1. The molecule has 0 spiro atoms. The van der Waals surface area contributed by atoms with Crippen molar-refractivity contribution in [2.24, 2.45) is 0 Å². The third kappa shape index (κ3) is 3.33. The second-order valence-electron chi connectivity index (χ2n) is 5.90. The van der Waals surface area contributed by atoms with Gasteiger partial charge in [-0.3, -0.25) is 4.79 Å². The van der Waals surface area contributed by atoms with Crippen LogP contribution in [0.25, 0.3) is 0 Å². The summed E-state index contributed by atoms with van der Waals surface area (Å²) in [5.74, 6) is 0.0941. The van der Waals surface area contributed by atoms with Gasteiger partial charge in [-0.2, -0.15) is 5.26 Å². The van der Waals surface area contributed by atoms with E-state index >= 15 is 0 Å². The summed E-state index contributed by atoms with van der Waals surface area (Å²) >= 11 is 0. The Morgan fingerprint density at radius 1 is 1.28 bits per heavy atom. The number of anilines is 2. The Bertz CT molecular complexity index is 867. The van der Waals surface area contributed by atoms with E-state index < -0.39 is 5.91 Å². The van der Waals surface area contributed by atoms with E-state index in [-0.39, 0.29) is 11.6 Å². The molecule has 2 aromatic carbocycles. The van der Waals surface area contributed by atoms with Crippen LogP contribution in [0.2, 0.25) is 0 Å². The average Bonchev–Trinajstić information content (AvgIpc) is 2.95. The lowest BCUT2D eigenvalue weighted by Gasteiger charge is -2.20. The highest BCUT2D eigenvalue weighted by Gasteiger charge is 2.25. The second kappa shape index (κ2) is 7.10. The predicted octanol–water partition coefficient (Wildman–Crippen LogP) is 3.49. The predicted molar refractivity (Wildman–Crippen MR) is 97.4 cm³/mol. The maximum absolute atomic E-state index is 12.5. The molecule has 1 aliphatic rings. The molecule has 5 heteroatoms. The molecule has 0 bridgehead atoms. The number of para-hydroxylation sites is 3. The summed E-state index contributed by atoms with van der Waals surface area (Å²) in [4.78, 5) is 14.5. The van der Waals surface area contributed by atoms with Crippen LogP contribution in [0.4, 0.5) is 11.4 Å². The van der Waals surface area contributed by atoms with E-state index in [1.807, 2.05) is 35.2 Å². The van der Waals surface area contributed by atoms with Crippen LogP contribution in [0.3, 0.4) is 0 Å². The lowest BCUT2D eigenvalue weighted by molar-refractivity contribution is -0.112. The van der Waals surface area contributed by atoms with E-state index in [1.54, 1.807) is 24.4 Å². The fraction of sp³-hybridized carbons (Fsp3) is 0.200. The van der Waals surface area contributed by atoms with Gasteiger partial charge in [-0.05, 0) is 37.1 Å². The Balaban J connectivity index is 1.86. The molecule has 126 valence electrons. The molecular formula is C20H19N3O2. The minimum Gasteiger partial charge on any atom is -0.495 e. The van der Waals surface area contributed by atoms with Crippen LogP contribution in [0.1, 0.15) is 12.5 Å². The highest BCUT2D eigenvalue weighted by atomic mass is 16.5. The van der Waals surface area contributed by atoms with E-state index in [4.69, 9.17) is 4.74 Å². The lowest BCUT2D eigenvalue weighted by atomic mass is 10.1. The first-order chi connectivity index (χ1) is 12.1. The molecule has 0 aliphatic carbocycles. The van der Waals surface area contributed by atoms with Gasteiger partial charge in [0.2, 0.25) is 0 Å². The number of methoxy groups -OCH3 is 1. The highest BCUT2D eigenvalue weighted by molar-refractivity contribution is 6.07. The van der Waals surface area contributed by atoms with Gasteiger partial charge >= 0.3 is 0 Å². The third-order valence-corrected chi connectivity index (χ3v) is 4.25. The number of rotatable bonds is 4. The van der Waals surface area contributed by atoms with Gasteiger partial charge in [-0.25, -0.2) is 0 Å². The number of nitriles is 1. The molecule has 0 radical (unpaired) electrons. The molecule has 1 aliphatic heterocycles. The van der Waals surface area contributed by atoms with Gasteiger partial charge in [0, 0.05) is 17.9 Å². The summed E-state index contributed by atoms with van der Waals surface area (Å²) < 4.78 is 5.23. The van der Waals surface area contributed by atoms with Crippen molar-refractivity contribution >= 4 is 17.3 Å². The number of carbonyl (C=O) groups is 1. The van der Waals surface area contributed by atoms with Gasteiger partial charge in [0.05, 0.1) is 12.8 Å². The molecule has 0 fully saturated rings. The number of amides is 1. The monoisotopic (exact) mass is 333 g/mol. The van der Waals surface area contributed by atoms with E-state index in [1.165, 1.54) is 12.7 Å². The van der Waals surface area contributed by atoms with Crippen LogP contribution in [-0.2, 0) is 11.2 Å². The fourth-order valence-electron chi connectivity index (χ4n) is 3.00. The molecule has 1 amide bonds. The first-order valence-electron chi connectivity index (χ1n) is 8.06. The molecule has 0 saturated heterocycles. The van der Waals surface area contributed by atoms with Gasteiger partial charge < -0.3 is 15.0 Å². The first-order valence-corrected chi connectivity index (χ1v) is 8.06. The zero-order chi connectivity index (χ0) is 17.8. The summed E-state index contributed by atoms with van der Waals surface area (Å²) in [6.45, 7) is 2.07.